The second-order valence-electron chi connectivity index (χ2n) is 4.98. The molecule has 0 aromatic carbocycles. The van der Waals surface area contributed by atoms with Crippen molar-refractivity contribution >= 4 is 36.2 Å². The summed E-state index contributed by atoms with van der Waals surface area (Å²) >= 11 is 1.66. The molecule has 1 N–H and O–H groups in total. The van der Waals surface area contributed by atoms with Crippen LogP contribution in [0.1, 0.15) is 18.5 Å². The monoisotopic (exact) mass is 349 g/mol. The van der Waals surface area contributed by atoms with Crippen molar-refractivity contribution < 1.29 is 4.42 Å². The number of likely N-dealkylation sites (N-methyl/N-ethyl adjacent to an activating group) is 1. The molecule has 7 heteroatoms. The number of thiazole rings is 1. The molecule has 1 saturated heterocycles. The molecule has 3 rings (SSSR count). The van der Waals surface area contributed by atoms with E-state index in [1.165, 1.54) is 19.4 Å². The number of nitrogens with one attached hydrogen (secondary N) is 1. The number of hydrogen-bond donors (Lipinski definition) is 1. The fraction of sp³-hybridized carbons (Fsp3) is 0.500. The Morgan fingerprint density at radius 2 is 2.33 bits per heavy atom. The van der Waals surface area contributed by atoms with E-state index in [0.29, 0.717) is 6.04 Å². The van der Waals surface area contributed by atoms with Crippen molar-refractivity contribution in [1.82, 2.24) is 15.2 Å². The number of piperidine rings is 1. The largest absolute Gasteiger partial charge is 0.462 e. The topological polar surface area (TPSA) is 41.3 Å². The Morgan fingerprint density at radius 1 is 1.48 bits per heavy atom. The highest BCUT2D eigenvalue weighted by molar-refractivity contribution is 7.13. The molecule has 21 heavy (non-hydrogen) atoms. The van der Waals surface area contributed by atoms with E-state index >= 15 is 0 Å². The molecule has 2 aromatic heterocycles. The lowest BCUT2D eigenvalue weighted by Crippen LogP contribution is -2.43. The number of likely N-dealkylation sites (tertiary alicyclic amines) is 1. The summed E-state index contributed by atoms with van der Waals surface area (Å²) in [4.78, 5) is 7.14. The van der Waals surface area contributed by atoms with Crippen molar-refractivity contribution in [2.24, 2.45) is 0 Å². The highest BCUT2D eigenvalue weighted by Crippen LogP contribution is 2.25. The van der Waals surface area contributed by atoms with Crippen molar-refractivity contribution in [3.05, 3.63) is 29.5 Å². The van der Waals surface area contributed by atoms with Gasteiger partial charge in [-0.3, -0.25) is 4.90 Å². The van der Waals surface area contributed by atoms with E-state index in [1.54, 1.807) is 17.6 Å². The molecule has 3 heterocycles. The molecule has 1 atom stereocenters. The average Bonchev–Trinajstić information content (AvgIpc) is 3.09. The molecular weight excluding hydrogens is 329 g/mol. The molecule has 0 radical (unpaired) electrons. The minimum absolute atomic E-state index is 0. The van der Waals surface area contributed by atoms with Gasteiger partial charge in [-0.25, -0.2) is 4.98 Å². The summed E-state index contributed by atoms with van der Waals surface area (Å²) in [5.74, 6) is 0.864. The molecule has 0 aliphatic carbocycles. The van der Waals surface area contributed by atoms with Crippen LogP contribution in [0.3, 0.4) is 0 Å². The molecule has 118 valence electrons. The zero-order valence-corrected chi connectivity index (χ0v) is 14.4. The zero-order valence-electron chi connectivity index (χ0n) is 11.9. The maximum Gasteiger partial charge on any atom is 0.162 e. The Labute approximate surface area is 141 Å². The van der Waals surface area contributed by atoms with Crippen molar-refractivity contribution in [1.29, 1.82) is 0 Å². The van der Waals surface area contributed by atoms with Crippen molar-refractivity contribution in [3.63, 3.8) is 0 Å². The molecule has 4 nitrogen and oxygen atoms in total. The first-order valence-electron chi connectivity index (χ1n) is 6.73. The van der Waals surface area contributed by atoms with E-state index in [9.17, 15) is 0 Å². The number of nitrogens with zero attached hydrogens (tertiary/aromatic N) is 2. The third-order valence-electron chi connectivity index (χ3n) is 3.58. The summed E-state index contributed by atoms with van der Waals surface area (Å²) < 4.78 is 5.38. The highest BCUT2D eigenvalue weighted by Gasteiger charge is 2.19. The van der Waals surface area contributed by atoms with Crippen LogP contribution in [0.15, 0.2) is 28.2 Å². The predicted molar refractivity (Wildman–Crippen MR) is 91.7 cm³/mol. The van der Waals surface area contributed by atoms with E-state index < -0.39 is 0 Å². The molecule has 1 fully saturated rings. The van der Waals surface area contributed by atoms with Crippen LogP contribution in [0.25, 0.3) is 10.8 Å². The predicted octanol–water partition coefficient (Wildman–Crippen LogP) is 3.43. The van der Waals surface area contributed by atoms with Crippen LogP contribution in [-0.2, 0) is 6.54 Å². The molecule has 2 aromatic rings. The van der Waals surface area contributed by atoms with Gasteiger partial charge in [0.05, 0.1) is 12.0 Å². The lowest BCUT2D eigenvalue weighted by atomic mass is 10.1. The number of hydrogen-bond acceptors (Lipinski definition) is 5. The fourth-order valence-corrected chi connectivity index (χ4v) is 3.33. The molecular formula is C14H21Cl2N3OS. The minimum Gasteiger partial charge on any atom is -0.462 e. The second-order valence-corrected chi connectivity index (χ2v) is 5.84. The van der Waals surface area contributed by atoms with Gasteiger partial charge in [-0.1, -0.05) is 0 Å². The number of furan rings is 1. The summed E-state index contributed by atoms with van der Waals surface area (Å²) in [5, 5.41) is 6.49. The van der Waals surface area contributed by atoms with Crippen molar-refractivity contribution in [2.45, 2.75) is 25.4 Å². The van der Waals surface area contributed by atoms with Crippen LogP contribution < -0.4 is 5.32 Å². The Balaban J connectivity index is 0.00000110. The van der Waals surface area contributed by atoms with Crippen LogP contribution in [0.4, 0.5) is 0 Å². The zero-order chi connectivity index (χ0) is 13.1. The second kappa shape index (κ2) is 8.76. The Kier molecular flexibility index (Phi) is 7.70. The SMILES string of the molecule is CNC1CCCN(Cc2csc(-c3ccco3)n2)C1.Cl.Cl. The van der Waals surface area contributed by atoms with Gasteiger partial charge in [0.1, 0.15) is 0 Å². The molecule has 0 spiro atoms. The maximum absolute atomic E-state index is 5.38. The van der Waals surface area contributed by atoms with Gasteiger partial charge in [-0.05, 0) is 38.6 Å². The quantitative estimate of drug-likeness (QED) is 0.917. The van der Waals surface area contributed by atoms with Gasteiger partial charge < -0.3 is 9.73 Å². The molecule has 1 aliphatic heterocycles. The number of halogens is 2. The summed E-state index contributed by atoms with van der Waals surface area (Å²) in [6.07, 6.45) is 4.24. The summed E-state index contributed by atoms with van der Waals surface area (Å²) in [6.45, 7) is 3.23. The van der Waals surface area contributed by atoms with Gasteiger partial charge in [0, 0.05) is 24.5 Å². The molecule has 1 aliphatic rings. The summed E-state index contributed by atoms with van der Waals surface area (Å²) in [7, 11) is 2.05. The number of aromatic nitrogens is 1. The van der Waals surface area contributed by atoms with Gasteiger partial charge in [0.25, 0.3) is 0 Å². The standard InChI is InChI=1S/C14H19N3OS.2ClH/c1-15-11-4-2-6-17(8-11)9-12-10-19-14(16-12)13-5-3-7-18-13;;/h3,5,7,10-11,15H,2,4,6,8-9H2,1H3;2*1H. The van der Waals surface area contributed by atoms with Crippen LogP contribution in [-0.4, -0.2) is 36.1 Å². The third kappa shape index (κ3) is 4.69. The van der Waals surface area contributed by atoms with E-state index in [-0.39, 0.29) is 24.8 Å². The highest BCUT2D eigenvalue weighted by atomic mass is 35.5. The number of rotatable bonds is 4. The normalized spacial score (nSPS) is 18.8. The lowest BCUT2D eigenvalue weighted by molar-refractivity contribution is 0.186. The van der Waals surface area contributed by atoms with Crippen LogP contribution >= 0.6 is 36.2 Å². The van der Waals surface area contributed by atoms with E-state index in [4.69, 9.17) is 4.42 Å². The van der Waals surface area contributed by atoms with E-state index in [2.05, 4.69) is 20.6 Å². The minimum atomic E-state index is 0. The lowest BCUT2D eigenvalue weighted by Gasteiger charge is -2.31. The first-order valence-corrected chi connectivity index (χ1v) is 7.61. The fourth-order valence-electron chi connectivity index (χ4n) is 2.56. The van der Waals surface area contributed by atoms with Crippen LogP contribution in [0, 0.1) is 0 Å². The van der Waals surface area contributed by atoms with E-state index in [0.717, 1.165) is 29.6 Å². The molecule has 0 saturated carbocycles. The van der Waals surface area contributed by atoms with Crippen LogP contribution in [0.2, 0.25) is 0 Å². The van der Waals surface area contributed by atoms with Gasteiger partial charge in [0.15, 0.2) is 10.8 Å². The molecule has 1 unspecified atom stereocenters. The smallest absolute Gasteiger partial charge is 0.162 e. The van der Waals surface area contributed by atoms with E-state index in [1.807, 2.05) is 19.2 Å². The van der Waals surface area contributed by atoms with Gasteiger partial charge in [0.2, 0.25) is 0 Å². The first-order chi connectivity index (χ1) is 9.35. The summed E-state index contributed by atoms with van der Waals surface area (Å²) in [5.41, 5.74) is 1.15. The van der Waals surface area contributed by atoms with Gasteiger partial charge >= 0.3 is 0 Å². The Bertz CT molecular complexity index is 518. The maximum atomic E-state index is 5.38. The molecule has 0 amide bonds. The average molecular weight is 350 g/mol. The van der Waals surface area contributed by atoms with Crippen LogP contribution in [0.5, 0.6) is 0 Å². The Hall–Kier alpha value is -0.590. The third-order valence-corrected chi connectivity index (χ3v) is 4.49. The summed E-state index contributed by atoms with van der Waals surface area (Å²) in [6, 6.07) is 4.48. The van der Waals surface area contributed by atoms with Gasteiger partial charge in [-0.2, -0.15) is 0 Å². The molecule has 0 bridgehead atoms. The van der Waals surface area contributed by atoms with Gasteiger partial charge in [-0.15, -0.1) is 36.2 Å². The van der Waals surface area contributed by atoms with Crippen molar-refractivity contribution in [3.8, 4) is 10.8 Å². The van der Waals surface area contributed by atoms with Crippen molar-refractivity contribution in [2.75, 3.05) is 20.1 Å². The Morgan fingerprint density at radius 3 is 3.05 bits per heavy atom. The first kappa shape index (κ1) is 18.5.